The van der Waals surface area contributed by atoms with Gasteiger partial charge in [0.05, 0.1) is 10.4 Å². The number of aromatic nitrogens is 2. The van der Waals surface area contributed by atoms with Gasteiger partial charge in [0, 0.05) is 38.7 Å². The number of nitrogens with zero attached hydrogens (tertiary/aromatic N) is 1. The van der Waals surface area contributed by atoms with Crippen LogP contribution in [-0.4, -0.2) is 4.98 Å². The van der Waals surface area contributed by atoms with E-state index in [1.807, 2.05) is 35.7 Å². The van der Waals surface area contributed by atoms with Crippen molar-refractivity contribution in [1.29, 1.82) is 0 Å². The average Bonchev–Trinajstić information content (AvgIpc) is 3.67. The number of rotatable bonds is 3. The van der Waals surface area contributed by atoms with Crippen molar-refractivity contribution in [2.75, 3.05) is 0 Å². The molecule has 0 saturated heterocycles. The van der Waals surface area contributed by atoms with Gasteiger partial charge in [0.25, 0.3) is 0 Å². The van der Waals surface area contributed by atoms with Crippen molar-refractivity contribution >= 4 is 85.5 Å². The number of fused-ring (bicyclic) bond motifs is 8. The van der Waals surface area contributed by atoms with Crippen molar-refractivity contribution in [1.82, 2.24) is 4.98 Å². The van der Waals surface area contributed by atoms with E-state index in [0.717, 1.165) is 16.6 Å². The van der Waals surface area contributed by atoms with E-state index in [1.165, 1.54) is 85.5 Å². The SMILES string of the molecule is [Li+].[O-]c1cccc2ccc[nH+]c12.c1ccc2cc(-c3c4ccccc4c(-c4ccc5ccccc5c4)c4cc(-c5nccc6c5sc5ccccc56)ccc34)ccc2c1. The number of para-hydroxylation sites is 1. The maximum Gasteiger partial charge on any atom is 1.00 e. The van der Waals surface area contributed by atoms with Crippen molar-refractivity contribution in [3.63, 3.8) is 0 Å². The van der Waals surface area contributed by atoms with Gasteiger partial charge in [-0.15, -0.1) is 11.3 Å². The molecule has 59 heavy (non-hydrogen) atoms. The molecule has 3 heterocycles. The Kier molecular flexibility index (Phi) is 9.40. The molecular formula is C54H34LiN2OS+. The van der Waals surface area contributed by atoms with Crippen LogP contribution in [0.1, 0.15) is 0 Å². The Bertz CT molecular complexity index is 3550. The van der Waals surface area contributed by atoms with E-state index in [4.69, 9.17) is 4.98 Å². The molecule has 0 unspecified atom stereocenters. The second-order valence-corrected chi connectivity index (χ2v) is 15.8. The van der Waals surface area contributed by atoms with E-state index in [2.05, 4.69) is 163 Å². The molecule has 9 aromatic carbocycles. The topological polar surface area (TPSA) is 50.1 Å². The summed E-state index contributed by atoms with van der Waals surface area (Å²) in [7, 11) is 0. The molecular weight excluding hydrogens is 732 g/mol. The molecule has 0 spiro atoms. The first kappa shape index (κ1) is 36.5. The number of H-pyrrole nitrogens is 1. The molecule has 5 heteroatoms. The van der Waals surface area contributed by atoms with E-state index < -0.39 is 0 Å². The van der Waals surface area contributed by atoms with Crippen molar-refractivity contribution < 1.29 is 29.0 Å². The van der Waals surface area contributed by atoms with Crippen LogP contribution in [0.5, 0.6) is 5.75 Å². The summed E-state index contributed by atoms with van der Waals surface area (Å²) in [6.45, 7) is 0. The van der Waals surface area contributed by atoms with Gasteiger partial charge in [0.1, 0.15) is 0 Å². The molecule has 0 saturated carbocycles. The third-order valence-corrected chi connectivity index (χ3v) is 12.5. The first-order valence-corrected chi connectivity index (χ1v) is 20.3. The predicted octanol–water partition coefficient (Wildman–Crippen LogP) is 10.8. The Labute approximate surface area is 357 Å². The molecule has 1 N–H and O–H groups in total. The molecule has 0 aliphatic carbocycles. The summed E-state index contributed by atoms with van der Waals surface area (Å²) in [5.74, 6) is 0.0445. The fourth-order valence-electron chi connectivity index (χ4n) is 8.62. The van der Waals surface area contributed by atoms with Gasteiger partial charge in [0.2, 0.25) is 5.52 Å². The minimum absolute atomic E-state index is 0. The van der Waals surface area contributed by atoms with Gasteiger partial charge in [-0.25, -0.2) is 4.98 Å². The molecule has 0 radical (unpaired) electrons. The molecule has 0 bridgehead atoms. The summed E-state index contributed by atoms with van der Waals surface area (Å²) in [5, 5.41) is 24.6. The molecule has 272 valence electrons. The molecule has 12 rings (SSSR count). The summed E-state index contributed by atoms with van der Waals surface area (Å²) < 4.78 is 2.52. The van der Waals surface area contributed by atoms with Crippen LogP contribution in [0.3, 0.4) is 0 Å². The zero-order valence-corrected chi connectivity index (χ0v) is 33.1. The van der Waals surface area contributed by atoms with Crippen molar-refractivity contribution in [3.8, 4) is 39.3 Å². The third-order valence-electron chi connectivity index (χ3n) is 11.3. The predicted molar refractivity (Wildman–Crippen MR) is 243 cm³/mol. The average molecular weight is 766 g/mol. The van der Waals surface area contributed by atoms with Gasteiger partial charge >= 0.3 is 18.9 Å². The zero-order chi connectivity index (χ0) is 38.6. The van der Waals surface area contributed by atoms with Gasteiger partial charge < -0.3 is 5.11 Å². The maximum atomic E-state index is 11.1. The number of hydrogen-bond donors (Lipinski definition) is 0. The van der Waals surface area contributed by atoms with Crippen molar-refractivity contribution in [3.05, 3.63) is 200 Å². The molecule has 12 aromatic rings. The van der Waals surface area contributed by atoms with Gasteiger partial charge in [-0.3, -0.25) is 4.98 Å². The molecule has 0 aliphatic heterocycles. The molecule has 0 aliphatic rings. The Balaban J connectivity index is 0.000000304. The van der Waals surface area contributed by atoms with E-state index in [-0.39, 0.29) is 24.6 Å². The quantitative estimate of drug-likeness (QED) is 0.133. The fourth-order valence-corrected chi connectivity index (χ4v) is 9.83. The Morgan fingerprint density at radius 2 is 0.983 bits per heavy atom. The van der Waals surface area contributed by atoms with E-state index >= 15 is 0 Å². The van der Waals surface area contributed by atoms with Gasteiger partial charge in [-0.2, -0.15) is 0 Å². The summed E-state index contributed by atoms with van der Waals surface area (Å²) in [5.41, 5.74) is 7.83. The molecule has 3 aromatic heterocycles. The first-order valence-electron chi connectivity index (χ1n) is 19.5. The molecule has 0 fully saturated rings. The van der Waals surface area contributed by atoms with Crippen LogP contribution in [0.2, 0.25) is 0 Å². The molecule has 0 atom stereocenters. The van der Waals surface area contributed by atoms with Crippen LogP contribution in [-0.2, 0) is 0 Å². The molecule has 0 amide bonds. The van der Waals surface area contributed by atoms with E-state index in [1.54, 1.807) is 18.3 Å². The van der Waals surface area contributed by atoms with Gasteiger partial charge in [-0.1, -0.05) is 140 Å². The second kappa shape index (κ2) is 15.2. The minimum Gasteiger partial charge on any atom is -0.868 e. The normalized spacial score (nSPS) is 11.3. The maximum absolute atomic E-state index is 11.1. The third kappa shape index (κ3) is 6.40. The standard InChI is InChI=1S/C45H27NS.C9H7NO.Li/c1-3-11-30-25-32(19-17-28(30)9-1)42-36-14-5-6-15-37(36)43(33-20-18-29-10-2-4-12-31(29)26-33)40-27-34(21-22-38(40)42)44-45-39(23-24-46-44)35-13-7-8-16-41(35)47-45;11-8-5-1-3-7-4-2-6-10-9(7)8;/h1-27H;1-6,11H;/q;;+1. The number of hydrogen-bond acceptors (Lipinski definition) is 3. The van der Waals surface area contributed by atoms with Crippen LogP contribution in [0.25, 0.3) is 108 Å². The number of aromatic amines is 1. The van der Waals surface area contributed by atoms with Crippen LogP contribution < -0.4 is 29.0 Å². The summed E-state index contributed by atoms with van der Waals surface area (Å²) in [6.07, 6.45) is 3.72. The Morgan fingerprint density at radius 1 is 0.424 bits per heavy atom. The van der Waals surface area contributed by atoms with E-state index in [0.29, 0.717) is 5.52 Å². The Morgan fingerprint density at radius 3 is 1.68 bits per heavy atom. The number of nitrogens with one attached hydrogen (secondary N) is 1. The number of thiophene rings is 1. The van der Waals surface area contributed by atoms with E-state index in [9.17, 15) is 5.11 Å². The van der Waals surface area contributed by atoms with Crippen LogP contribution in [0.15, 0.2) is 200 Å². The monoisotopic (exact) mass is 765 g/mol. The second-order valence-electron chi connectivity index (χ2n) is 14.7. The summed E-state index contributed by atoms with van der Waals surface area (Å²) in [6, 6.07) is 66.8. The minimum atomic E-state index is 0. The Hall–Kier alpha value is -6.80. The van der Waals surface area contributed by atoms with Crippen LogP contribution in [0, 0.1) is 0 Å². The van der Waals surface area contributed by atoms with Crippen LogP contribution in [0.4, 0.5) is 0 Å². The van der Waals surface area contributed by atoms with Crippen LogP contribution >= 0.6 is 11.3 Å². The van der Waals surface area contributed by atoms with Gasteiger partial charge in [0.15, 0.2) is 6.20 Å². The fraction of sp³-hybridized carbons (Fsp3) is 0. The largest absolute Gasteiger partial charge is 1.00 e. The summed E-state index contributed by atoms with van der Waals surface area (Å²) >= 11 is 1.83. The number of pyridine rings is 2. The smallest absolute Gasteiger partial charge is 0.868 e. The van der Waals surface area contributed by atoms with Gasteiger partial charge in [-0.05, 0) is 114 Å². The summed E-state index contributed by atoms with van der Waals surface area (Å²) in [4.78, 5) is 7.92. The number of benzene rings is 9. The van der Waals surface area contributed by atoms with Crippen molar-refractivity contribution in [2.24, 2.45) is 0 Å². The first-order chi connectivity index (χ1) is 28.7. The molecule has 3 nitrogen and oxygen atoms in total. The van der Waals surface area contributed by atoms with Crippen molar-refractivity contribution in [2.45, 2.75) is 0 Å². The zero-order valence-electron chi connectivity index (χ0n) is 32.3.